The smallest absolute Gasteiger partial charge is 0.219 e. The molecule has 0 spiro atoms. The quantitative estimate of drug-likeness (QED) is 0.639. The van der Waals surface area contributed by atoms with Gasteiger partial charge in [-0.3, -0.25) is 4.79 Å². The molecular weight excluding hydrogens is 150 g/mol. The molecule has 0 aliphatic heterocycles. The monoisotopic (exact) mass is 167 g/mol. The van der Waals surface area contributed by atoms with E-state index in [-0.39, 0.29) is 5.91 Å². The van der Waals surface area contributed by atoms with E-state index in [1.165, 1.54) is 12.8 Å². The molecule has 1 unspecified atom stereocenters. The molecule has 0 heterocycles. The number of amides is 1. The molecule has 0 aromatic carbocycles. The minimum Gasteiger partial charge on any atom is -0.359 e. The normalized spacial score (nSPS) is 22.2. The van der Waals surface area contributed by atoms with Crippen LogP contribution in [0.2, 0.25) is 0 Å². The summed E-state index contributed by atoms with van der Waals surface area (Å²) in [5.41, 5.74) is 0. The summed E-state index contributed by atoms with van der Waals surface area (Å²) < 4.78 is 0. The summed E-state index contributed by atoms with van der Waals surface area (Å²) in [7, 11) is 1.70. The Morgan fingerprint density at radius 3 is 3.00 bits per heavy atom. The molecule has 12 heavy (non-hydrogen) atoms. The predicted molar refractivity (Wildman–Crippen MR) is 49.8 cm³/mol. The van der Waals surface area contributed by atoms with Gasteiger partial charge in [-0.15, -0.1) is 0 Å². The Labute approximate surface area is 74.0 Å². The fraction of sp³-hybridized carbons (Fsp3) is 0.700. The number of hydrogen-bond donors (Lipinski definition) is 1. The van der Waals surface area contributed by atoms with Gasteiger partial charge in [-0.05, 0) is 31.6 Å². The van der Waals surface area contributed by atoms with Crippen molar-refractivity contribution < 1.29 is 4.79 Å². The summed E-state index contributed by atoms with van der Waals surface area (Å²) in [6.07, 6.45) is 9.82. The summed E-state index contributed by atoms with van der Waals surface area (Å²) in [5.74, 6) is 0.914. The molecule has 1 atom stereocenters. The van der Waals surface area contributed by atoms with Crippen LogP contribution in [-0.4, -0.2) is 13.0 Å². The number of carbonyl (C=O) groups excluding carboxylic acids is 1. The highest BCUT2D eigenvalue weighted by molar-refractivity contribution is 5.75. The minimum absolute atomic E-state index is 0.171. The SMILES string of the molecule is CNC(=O)CCC1CC=CCC1. The van der Waals surface area contributed by atoms with E-state index < -0.39 is 0 Å². The molecule has 0 saturated heterocycles. The third kappa shape index (κ3) is 3.07. The lowest BCUT2D eigenvalue weighted by atomic mass is 9.90. The molecule has 0 saturated carbocycles. The van der Waals surface area contributed by atoms with E-state index in [4.69, 9.17) is 0 Å². The first-order valence-corrected chi connectivity index (χ1v) is 4.68. The van der Waals surface area contributed by atoms with Gasteiger partial charge in [0.05, 0.1) is 0 Å². The van der Waals surface area contributed by atoms with Crippen LogP contribution >= 0.6 is 0 Å². The molecule has 1 aliphatic carbocycles. The highest BCUT2D eigenvalue weighted by Crippen LogP contribution is 2.22. The van der Waals surface area contributed by atoms with Crippen LogP contribution in [0.25, 0.3) is 0 Å². The third-order valence-corrected chi connectivity index (χ3v) is 2.44. The number of carbonyl (C=O) groups is 1. The van der Waals surface area contributed by atoms with E-state index in [1.807, 2.05) is 0 Å². The molecule has 2 nitrogen and oxygen atoms in total. The largest absolute Gasteiger partial charge is 0.359 e. The zero-order valence-electron chi connectivity index (χ0n) is 7.68. The van der Waals surface area contributed by atoms with Crippen LogP contribution in [0, 0.1) is 5.92 Å². The topological polar surface area (TPSA) is 29.1 Å². The van der Waals surface area contributed by atoms with Gasteiger partial charge in [-0.25, -0.2) is 0 Å². The van der Waals surface area contributed by atoms with Crippen molar-refractivity contribution in [3.8, 4) is 0 Å². The fourth-order valence-corrected chi connectivity index (χ4v) is 1.58. The van der Waals surface area contributed by atoms with Gasteiger partial charge < -0.3 is 5.32 Å². The van der Waals surface area contributed by atoms with Crippen LogP contribution in [-0.2, 0) is 4.79 Å². The second-order valence-electron chi connectivity index (χ2n) is 3.36. The summed E-state index contributed by atoms with van der Waals surface area (Å²) in [6, 6.07) is 0. The number of allylic oxidation sites excluding steroid dienone is 2. The van der Waals surface area contributed by atoms with Gasteiger partial charge in [0.25, 0.3) is 0 Å². The number of rotatable bonds is 3. The van der Waals surface area contributed by atoms with E-state index >= 15 is 0 Å². The molecule has 0 aromatic rings. The van der Waals surface area contributed by atoms with Gasteiger partial charge in [0.1, 0.15) is 0 Å². The van der Waals surface area contributed by atoms with E-state index in [1.54, 1.807) is 7.05 Å². The Morgan fingerprint density at radius 2 is 2.42 bits per heavy atom. The predicted octanol–water partition coefficient (Wildman–Crippen LogP) is 1.87. The van der Waals surface area contributed by atoms with Gasteiger partial charge in [-0.2, -0.15) is 0 Å². The first-order chi connectivity index (χ1) is 5.83. The van der Waals surface area contributed by atoms with Crippen molar-refractivity contribution in [2.75, 3.05) is 7.05 Å². The van der Waals surface area contributed by atoms with E-state index in [2.05, 4.69) is 17.5 Å². The van der Waals surface area contributed by atoms with Crippen molar-refractivity contribution in [1.82, 2.24) is 5.32 Å². The molecule has 68 valence electrons. The van der Waals surface area contributed by atoms with Crippen molar-refractivity contribution >= 4 is 5.91 Å². The van der Waals surface area contributed by atoms with Crippen LogP contribution in [0.15, 0.2) is 12.2 Å². The average molecular weight is 167 g/mol. The minimum atomic E-state index is 0.171. The van der Waals surface area contributed by atoms with Gasteiger partial charge in [0, 0.05) is 13.5 Å². The summed E-state index contributed by atoms with van der Waals surface area (Å²) in [6.45, 7) is 0. The molecule has 1 N–H and O–H groups in total. The Balaban J connectivity index is 2.14. The first kappa shape index (κ1) is 9.30. The number of hydrogen-bond acceptors (Lipinski definition) is 1. The fourth-order valence-electron chi connectivity index (χ4n) is 1.58. The lowest BCUT2D eigenvalue weighted by Crippen LogP contribution is -2.18. The molecule has 0 bridgehead atoms. The highest BCUT2D eigenvalue weighted by atomic mass is 16.1. The van der Waals surface area contributed by atoms with Gasteiger partial charge in [-0.1, -0.05) is 12.2 Å². The van der Waals surface area contributed by atoms with Gasteiger partial charge in [0.2, 0.25) is 5.91 Å². The van der Waals surface area contributed by atoms with Crippen molar-refractivity contribution in [2.24, 2.45) is 5.92 Å². The van der Waals surface area contributed by atoms with Gasteiger partial charge >= 0.3 is 0 Å². The zero-order valence-corrected chi connectivity index (χ0v) is 7.68. The van der Waals surface area contributed by atoms with Crippen molar-refractivity contribution in [3.63, 3.8) is 0 Å². The van der Waals surface area contributed by atoms with Crippen LogP contribution in [0.4, 0.5) is 0 Å². The standard InChI is InChI=1S/C10H17NO/c1-11-10(12)8-7-9-5-3-2-4-6-9/h2-3,9H,4-8H2,1H3,(H,11,12). The summed E-state index contributed by atoms with van der Waals surface area (Å²) in [5, 5.41) is 2.65. The second kappa shape index (κ2) is 4.96. The summed E-state index contributed by atoms with van der Waals surface area (Å²) >= 11 is 0. The van der Waals surface area contributed by atoms with Crippen LogP contribution in [0.1, 0.15) is 32.1 Å². The van der Waals surface area contributed by atoms with E-state index in [0.29, 0.717) is 6.42 Å². The molecule has 1 aliphatic rings. The average Bonchev–Trinajstić information content (AvgIpc) is 2.16. The Morgan fingerprint density at radius 1 is 1.58 bits per heavy atom. The maximum absolute atomic E-state index is 10.9. The molecule has 1 amide bonds. The Kier molecular flexibility index (Phi) is 3.85. The second-order valence-corrected chi connectivity index (χ2v) is 3.36. The molecule has 0 aromatic heterocycles. The first-order valence-electron chi connectivity index (χ1n) is 4.68. The van der Waals surface area contributed by atoms with E-state index in [0.717, 1.165) is 18.8 Å². The number of nitrogens with one attached hydrogen (secondary N) is 1. The zero-order chi connectivity index (χ0) is 8.81. The lowest BCUT2D eigenvalue weighted by molar-refractivity contribution is -0.120. The summed E-state index contributed by atoms with van der Waals surface area (Å²) in [4.78, 5) is 10.9. The van der Waals surface area contributed by atoms with Crippen LogP contribution in [0.3, 0.4) is 0 Å². The van der Waals surface area contributed by atoms with Crippen LogP contribution in [0.5, 0.6) is 0 Å². The van der Waals surface area contributed by atoms with Gasteiger partial charge in [0.15, 0.2) is 0 Å². The third-order valence-electron chi connectivity index (χ3n) is 2.44. The maximum Gasteiger partial charge on any atom is 0.219 e. The molecule has 0 radical (unpaired) electrons. The molecule has 1 rings (SSSR count). The van der Waals surface area contributed by atoms with Crippen molar-refractivity contribution in [3.05, 3.63) is 12.2 Å². The van der Waals surface area contributed by atoms with Crippen molar-refractivity contribution in [1.29, 1.82) is 0 Å². The molecular formula is C10H17NO. The Hall–Kier alpha value is -0.790. The van der Waals surface area contributed by atoms with E-state index in [9.17, 15) is 4.79 Å². The highest BCUT2D eigenvalue weighted by Gasteiger charge is 2.10. The maximum atomic E-state index is 10.9. The lowest BCUT2D eigenvalue weighted by Gasteiger charge is -2.16. The molecule has 2 heteroatoms. The van der Waals surface area contributed by atoms with Crippen molar-refractivity contribution in [2.45, 2.75) is 32.1 Å². The van der Waals surface area contributed by atoms with Crippen LogP contribution < -0.4 is 5.32 Å². The molecule has 0 fully saturated rings. The Bertz CT molecular complexity index is 175.